The number of esters is 1. The summed E-state index contributed by atoms with van der Waals surface area (Å²) in [7, 11) is 3.15. The molecule has 3 aromatic rings. The Morgan fingerprint density at radius 3 is 2.52 bits per heavy atom. The second-order valence-corrected chi connectivity index (χ2v) is 4.95. The van der Waals surface area contributed by atoms with Crippen LogP contribution in [0.1, 0.15) is 10.4 Å². The third-order valence-electron chi connectivity index (χ3n) is 3.42. The first kappa shape index (κ1) is 16.4. The Hall–Kier alpha value is -3.48. The quantitative estimate of drug-likeness (QED) is 0.662. The topological polar surface area (TPSA) is 83.4 Å². The molecule has 0 aliphatic rings. The monoisotopic (exact) mass is 337 g/mol. The highest BCUT2D eigenvalue weighted by molar-refractivity contribution is 5.90. The van der Waals surface area contributed by atoms with Crippen LogP contribution < -0.4 is 14.2 Å². The van der Waals surface area contributed by atoms with E-state index in [0.717, 1.165) is 5.56 Å². The summed E-state index contributed by atoms with van der Waals surface area (Å²) >= 11 is 0. The fraction of sp³-hybridized carbons (Fsp3) is 0.111. The minimum atomic E-state index is -0.547. The van der Waals surface area contributed by atoms with Crippen molar-refractivity contribution in [3.8, 4) is 28.6 Å². The summed E-state index contributed by atoms with van der Waals surface area (Å²) in [6, 6.07) is 11.9. The predicted octanol–water partition coefficient (Wildman–Crippen LogP) is 2.78. The normalized spacial score (nSPS) is 10.2. The molecule has 0 saturated heterocycles. The molecule has 0 atom stereocenters. The van der Waals surface area contributed by atoms with Crippen molar-refractivity contribution in [1.82, 2.24) is 15.2 Å². The molecule has 0 amide bonds. The zero-order chi connectivity index (χ0) is 17.6. The van der Waals surface area contributed by atoms with Crippen LogP contribution in [0.15, 0.2) is 54.9 Å². The van der Waals surface area contributed by atoms with Crippen molar-refractivity contribution < 1.29 is 19.0 Å². The molecule has 0 aliphatic carbocycles. The number of hydrogen-bond acceptors (Lipinski definition) is 7. The molecular formula is C18H15N3O4. The average Bonchev–Trinajstić information content (AvgIpc) is 2.68. The molecule has 1 aromatic carbocycles. The van der Waals surface area contributed by atoms with Crippen LogP contribution in [0.2, 0.25) is 0 Å². The van der Waals surface area contributed by atoms with Crippen molar-refractivity contribution in [3.63, 3.8) is 0 Å². The van der Waals surface area contributed by atoms with Crippen molar-refractivity contribution in [2.45, 2.75) is 0 Å². The van der Waals surface area contributed by atoms with Crippen molar-refractivity contribution >= 4 is 5.97 Å². The maximum Gasteiger partial charge on any atom is 0.346 e. The molecule has 2 aromatic heterocycles. The van der Waals surface area contributed by atoms with Crippen LogP contribution in [-0.4, -0.2) is 35.4 Å². The molecule has 0 spiro atoms. The van der Waals surface area contributed by atoms with Gasteiger partial charge < -0.3 is 14.2 Å². The molecule has 0 radical (unpaired) electrons. The largest absolute Gasteiger partial charge is 0.497 e. The number of aromatic nitrogens is 3. The Morgan fingerprint density at radius 1 is 1.00 bits per heavy atom. The van der Waals surface area contributed by atoms with Crippen LogP contribution in [0.25, 0.3) is 11.3 Å². The molecule has 7 nitrogen and oxygen atoms in total. The van der Waals surface area contributed by atoms with E-state index < -0.39 is 5.97 Å². The Balaban J connectivity index is 1.82. The van der Waals surface area contributed by atoms with Crippen LogP contribution >= 0.6 is 0 Å². The van der Waals surface area contributed by atoms with Crippen molar-refractivity contribution in [3.05, 3.63) is 60.4 Å². The second kappa shape index (κ2) is 7.39. The maximum atomic E-state index is 12.0. The third-order valence-corrected chi connectivity index (χ3v) is 3.42. The first-order valence-electron chi connectivity index (χ1n) is 7.39. The molecule has 0 fully saturated rings. The van der Waals surface area contributed by atoms with E-state index in [1.807, 2.05) is 0 Å². The lowest BCUT2D eigenvalue weighted by molar-refractivity contribution is 0.0725. The lowest BCUT2D eigenvalue weighted by atomic mass is 10.1. The van der Waals surface area contributed by atoms with Crippen molar-refractivity contribution in [2.24, 2.45) is 0 Å². The summed E-state index contributed by atoms with van der Waals surface area (Å²) in [5, 5.41) is 8.04. The number of methoxy groups -OCH3 is 2. The molecule has 2 heterocycles. The highest BCUT2D eigenvalue weighted by Crippen LogP contribution is 2.32. The van der Waals surface area contributed by atoms with Crippen LogP contribution in [0, 0.1) is 0 Å². The SMILES string of the molecule is COc1ccc(OC)c(-c2ccc(OC(=O)c3cccnc3)nn2)c1. The number of rotatable bonds is 5. The molecule has 3 rings (SSSR count). The van der Waals surface area contributed by atoms with Gasteiger partial charge in [-0.3, -0.25) is 4.98 Å². The summed E-state index contributed by atoms with van der Waals surface area (Å²) in [6.07, 6.45) is 3.00. The van der Waals surface area contributed by atoms with Gasteiger partial charge in [0.15, 0.2) is 0 Å². The fourth-order valence-corrected chi connectivity index (χ4v) is 2.17. The Morgan fingerprint density at radius 2 is 1.88 bits per heavy atom. The average molecular weight is 337 g/mol. The highest BCUT2D eigenvalue weighted by atomic mass is 16.5. The smallest absolute Gasteiger partial charge is 0.346 e. The number of carbonyl (C=O) groups is 1. The van der Waals surface area contributed by atoms with Gasteiger partial charge in [0, 0.05) is 24.0 Å². The lowest BCUT2D eigenvalue weighted by Gasteiger charge is -2.10. The molecule has 0 unspecified atom stereocenters. The first-order valence-corrected chi connectivity index (χ1v) is 7.39. The fourth-order valence-electron chi connectivity index (χ4n) is 2.17. The van der Waals surface area contributed by atoms with Gasteiger partial charge in [0.05, 0.1) is 25.5 Å². The Kier molecular flexibility index (Phi) is 4.84. The summed E-state index contributed by atoms with van der Waals surface area (Å²) < 4.78 is 15.7. The van der Waals surface area contributed by atoms with Crippen LogP contribution in [0.3, 0.4) is 0 Å². The van der Waals surface area contributed by atoms with Gasteiger partial charge >= 0.3 is 5.97 Å². The molecular weight excluding hydrogens is 322 g/mol. The van der Waals surface area contributed by atoms with E-state index in [4.69, 9.17) is 14.2 Å². The second-order valence-electron chi connectivity index (χ2n) is 4.95. The number of ether oxygens (including phenoxy) is 3. The van der Waals surface area contributed by atoms with Crippen LogP contribution in [0.4, 0.5) is 0 Å². The minimum absolute atomic E-state index is 0.0967. The van der Waals surface area contributed by atoms with Gasteiger partial charge in [-0.05, 0) is 36.4 Å². The van der Waals surface area contributed by atoms with Gasteiger partial charge in [-0.25, -0.2) is 4.79 Å². The highest BCUT2D eigenvalue weighted by Gasteiger charge is 2.12. The van der Waals surface area contributed by atoms with Gasteiger partial charge in [0.1, 0.15) is 11.5 Å². The minimum Gasteiger partial charge on any atom is -0.497 e. The van der Waals surface area contributed by atoms with E-state index in [-0.39, 0.29) is 5.88 Å². The molecule has 25 heavy (non-hydrogen) atoms. The zero-order valence-corrected chi connectivity index (χ0v) is 13.7. The summed E-state index contributed by atoms with van der Waals surface area (Å²) in [5.41, 5.74) is 1.62. The summed E-state index contributed by atoms with van der Waals surface area (Å²) in [6.45, 7) is 0. The standard InChI is InChI=1S/C18H15N3O4/c1-23-13-5-7-16(24-2)14(10-13)15-6-8-17(21-20-15)25-18(22)12-4-3-9-19-11-12/h3-11H,1-2H3. The van der Waals surface area contributed by atoms with E-state index in [0.29, 0.717) is 22.8 Å². The number of benzene rings is 1. The molecule has 0 aliphatic heterocycles. The van der Waals surface area contributed by atoms with Crippen LogP contribution in [-0.2, 0) is 0 Å². The maximum absolute atomic E-state index is 12.0. The lowest BCUT2D eigenvalue weighted by Crippen LogP contribution is -2.10. The number of nitrogens with zero attached hydrogens (tertiary/aromatic N) is 3. The molecule has 0 saturated carbocycles. The van der Waals surface area contributed by atoms with E-state index >= 15 is 0 Å². The summed E-state index contributed by atoms with van der Waals surface area (Å²) in [5.74, 6) is 0.855. The molecule has 0 bridgehead atoms. The van der Waals surface area contributed by atoms with Gasteiger partial charge in [-0.15, -0.1) is 10.2 Å². The van der Waals surface area contributed by atoms with Gasteiger partial charge in [-0.1, -0.05) is 0 Å². The van der Waals surface area contributed by atoms with Crippen LogP contribution in [0.5, 0.6) is 17.4 Å². The predicted molar refractivity (Wildman–Crippen MR) is 89.8 cm³/mol. The number of carbonyl (C=O) groups excluding carboxylic acids is 1. The number of pyridine rings is 1. The van der Waals surface area contributed by atoms with Crippen molar-refractivity contribution in [2.75, 3.05) is 14.2 Å². The van der Waals surface area contributed by atoms with Gasteiger partial charge in [-0.2, -0.15) is 0 Å². The third kappa shape index (κ3) is 3.72. The Bertz CT molecular complexity index is 867. The van der Waals surface area contributed by atoms with E-state index in [9.17, 15) is 4.79 Å². The molecule has 0 N–H and O–H groups in total. The summed E-state index contributed by atoms with van der Waals surface area (Å²) in [4.78, 5) is 15.9. The molecule has 7 heteroatoms. The van der Waals surface area contributed by atoms with E-state index in [1.54, 1.807) is 62.9 Å². The van der Waals surface area contributed by atoms with Gasteiger partial charge in [0.2, 0.25) is 5.88 Å². The number of hydrogen-bond donors (Lipinski definition) is 0. The van der Waals surface area contributed by atoms with Gasteiger partial charge in [0.25, 0.3) is 0 Å². The first-order chi connectivity index (χ1) is 12.2. The molecule has 126 valence electrons. The van der Waals surface area contributed by atoms with E-state index in [1.165, 1.54) is 6.20 Å². The zero-order valence-electron chi connectivity index (χ0n) is 13.7. The Labute approximate surface area is 144 Å². The van der Waals surface area contributed by atoms with Crippen molar-refractivity contribution in [1.29, 1.82) is 0 Å². The van der Waals surface area contributed by atoms with E-state index in [2.05, 4.69) is 15.2 Å².